The molecule has 0 radical (unpaired) electrons. The van der Waals surface area contributed by atoms with Gasteiger partial charge in [-0.2, -0.15) is 0 Å². The van der Waals surface area contributed by atoms with E-state index in [9.17, 15) is 9.18 Å². The number of ether oxygens (including phenoxy) is 1. The van der Waals surface area contributed by atoms with E-state index < -0.39 is 0 Å². The first-order valence-corrected chi connectivity index (χ1v) is 7.81. The van der Waals surface area contributed by atoms with Crippen LogP contribution in [0, 0.1) is 5.82 Å². The summed E-state index contributed by atoms with van der Waals surface area (Å²) in [5, 5.41) is 0. The molecule has 0 fully saturated rings. The van der Waals surface area contributed by atoms with Gasteiger partial charge in [0, 0.05) is 29.5 Å². The van der Waals surface area contributed by atoms with Crippen LogP contribution in [-0.2, 0) is 0 Å². The zero-order valence-electron chi connectivity index (χ0n) is 13.7. The van der Waals surface area contributed by atoms with Crippen LogP contribution in [0.4, 0.5) is 4.39 Å². The van der Waals surface area contributed by atoms with Gasteiger partial charge < -0.3 is 9.72 Å². The number of nitrogens with one attached hydrogen (secondary N) is 1. The number of nitrogens with zero attached hydrogens (tertiary/aromatic N) is 3. The van der Waals surface area contributed by atoms with Crippen LogP contribution in [0.2, 0.25) is 0 Å². The second-order valence-corrected chi connectivity index (χ2v) is 5.57. The van der Waals surface area contributed by atoms with E-state index in [2.05, 4.69) is 19.9 Å². The van der Waals surface area contributed by atoms with E-state index in [1.165, 1.54) is 25.3 Å². The van der Waals surface area contributed by atoms with Gasteiger partial charge in [-0.3, -0.25) is 4.79 Å². The molecule has 0 unspecified atom stereocenters. The molecule has 6 nitrogen and oxygen atoms in total. The minimum atomic E-state index is -0.385. The lowest BCUT2D eigenvalue weighted by Crippen LogP contribution is -2.06. The molecule has 1 N–H and O–H groups in total. The van der Waals surface area contributed by atoms with Gasteiger partial charge in [-0.1, -0.05) is 12.1 Å². The van der Waals surface area contributed by atoms with E-state index in [4.69, 9.17) is 4.74 Å². The number of hydrogen-bond acceptors (Lipinski definition) is 5. The summed E-state index contributed by atoms with van der Waals surface area (Å²) in [6, 6.07) is 12.5. The highest BCUT2D eigenvalue weighted by Crippen LogP contribution is 2.31. The molecular formula is C19H13FN4O2. The number of benzene rings is 1. The van der Waals surface area contributed by atoms with Crippen molar-refractivity contribution in [2.75, 3.05) is 7.11 Å². The minimum absolute atomic E-state index is 0.282. The Hall–Kier alpha value is -3.61. The lowest BCUT2D eigenvalue weighted by molar-refractivity contribution is 0.398. The van der Waals surface area contributed by atoms with Crippen molar-refractivity contribution in [3.8, 4) is 28.4 Å². The summed E-state index contributed by atoms with van der Waals surface area (Å²) in [6.45, 7) is 0. The first-order chi connectivity index (χ1) is 12.6. The molecule has 7 heteroatoms. The quantitative estimate of drug-likeness (QED) is 0.615. The highest BCUT2D eigenvalue weighted by molar-refractivity contribution is 5.84. The zero-order chi connectivity index (χ0) is 18.1. The van der Waals surface area contributed by atoms with E-state index in [1.807, 2.05) is 0 Å². The SMILES string of the molecule is COc1cc(-c2nc3ccc(=O)[nH]c3nc2-c2cccc(F)c2)ccn1. The topological polar surface area (TPSA) is 80.8 Å². The third-order valence-electron chi connectivity index (χ3n) is 3.87. The Bertz CT molecular complexity index is 1170. The summed E-state index contributed by atoms with van der Waals surface area (Å²) < 4.78 is 18.9. The molecule has 4 rings (SSSR count). The largest absolute Gasteiger partial charge is 0.481 e. The summed E-state index contributed by atoms with van der Waals surface area (Å²) in [5.74, 6) is 0.0419. The summed E-state index contributed by atoms with van der Waals surface area (Å²) in [6.07, 6.45) is 1.60. The van der Waals surface area contributed by atoms with Gasteiger partial charge in [0.15, 0.2) is 5.65 Å². The number of halogens is 1. The number of pyridine rings is 2. The number of fused-ring (bicyclic) bond motifs is 1. The van der Waals surface area contributed by atoms with Crippen LogP contribution in [0.5, 0.6) is 5.88 Å². The molecule has 26 heavy (non-hydrogen) atoms. The predicted octanol–water partition coefficient (Wildman–Crippen LogP) is 3.19. The molecule has 0 saturated carbocycles. The van der Waals surface area contributed by atoms with Crippen LogP contribution in [0.15, 0.2) is 59.5 Å². The van der Waals surface area contributed by atoms with Gasteiger partial charge in [0.1, 0.15) is 11.3 Å². The Morgan fingerprint density at radius 2 is 1.81 bits per heavy atom. The summed E-state index contributed by atoms with van der Waals surface area (Å²) >= 11 is 0. The van der Waals surface area contributed by atoms with Gasteiger partial charge in [-0.25, -0.2) is 19.3 Å². The van der Waals surface area contributed by atoms with Crippen molar-refractivity contribution >= 4 is 11.2 Å². The average molecular weight is 348 g/mol. The Kier molecular flexibility index (Phi) is 3.89. The van der Waals surface area contributed by atoms with Crippen molar-refractivity contribution in [1.29, 1.82) is 0 Å². The number of aromatic nitrogens is 4. The first kappa shape index (κ1) is 15.9. The molecule has 0 aliphatic rings. The molecule has 3 aromatic heterocycles. The molecule has 0 atom stereocenters. The molecule has 0 aliphatic carbocycles. The van der Waals surface area contributed by atoms with Gasteiger partial charge in [0.2, 0.25) is 11.4 Å². The van der Waals surface area contributed by atoms with Gasteiger partial charge in [0.25, 0.3) is 0 Å². The first-order valence-electron chi connectivity index (χ1n) is 7.81. The van der Waals surface area contributed by atoms with Crippen LogP contribution in [0.1, 0.15) is 0 Å². The fourth-order valence-corrected chi connectivity index (χ4v) is 2.68. The number of rotatable bonds is 3. The Labute approximate surface area is 147 Å². The molecule has 0 aliphatic heterocycles. The Morgan fingerprint density at radius 1 is 1.00 bits per heavy atom. The van der Waals surface area contributed by atoms with E-state index in [1.54, 1.807) is 36.5 Å². The highest BCUT2D eigenvalue weighted by Gasteiger charge is 2.15. The van der Waals surface area contributed by atoms with Crippen LogP contribution in [0.3, 0.4) is 0 Å². The number of methoxy groups -OCH3 is 1. The second kappa shape index (κ2) is 6.36. The maximum absolute atomic E-state index is 13.7. The molecule has 0 saturated heterocycles. The molecule has 4 aromatic rings. The molecule has 128 valence electrons. The fourth-order valence-electron chi connectivity index (χ4n) is 2.68. The average Bonchev–Trinajstić information content (AvgIpc) is 2.67. The van der Waals surface area contributed by atoms with Crippen molar-refractivity contribution in [3.63, 3.8) is 0 Å². The van der Waals surface area contributed by atoms with Crippen molar-refractivity contribution in [3.05, 3.63) is 70.9 Å². The van der Waals surface area contributed by atoms with Gasteiger partial charge >= 0.3 is 0 Å². The van der Waals surface area contributed by atoms with E-state index >= 15 is 0 Å². The van der Waals surface area contributed by atoms with Gasteiger partial charge in [0.05, 0.1) is 18.5 Å². The Balaban J connectivity index is 2.04. The van der Waals surface area contributed by atoms with Crippen molar-refractivity contribution in [2.24, 2.45) is 0 Å². The number of hydrogen-bond donors (Lipinski definition) is 1. The predicted molar refractivity (Wildman–Crippen MR) is 95.3 cm³/mol. The molecular weight excluding hydrogens is 335 g/mol. The van der Waals surface area contributed by atoms with Crippen molar-refractivity contribution in [1.82, 2.24) is 19.9 Å². The monoisotopic (exact) mass is 348 g/mol. The maximum Gasteiger partial charge on any atom is 0.249 e. The molecule has 0 bridgehead atoms. The zero-order valence-corrected chi connectivity index (χ0v) is 13.7. The van der Waals surface area contributed by atoms with Crippen LogP contribution >= 0.6 is 0 Å². The second-order valence-electron chi connectivity index (χ2n) is 5.57. The Morgan fingerprint density at radius 3 is 2.62 bits per heavy atom. The lowest BCUT2D eigenvalue weighted by atomic mass is 10.0. The lowest BCUT2D eigenvalue weighted by Gasteiger charge is -2.11. The van der Waals surface area contributed by atoms with Crippen LogP contribution in [0.25, 0.3) is 33.7 Å². The van der Waals surface area contributed by atoms with Crippen LogP contribution < -0.4 is 10.3 Å². The van der Waals surface area contributed by atoms with E-state index in [-0.39, 0.29) is 11.4 Å². The molecule has 3 heterocycles. The van der Waals surface area contributed by atoms with Gasteiger partial charge in [-0.05, 0) is 24.3 Å². The molecule has 1 aromatic carbocycles. The maximum atomic E-state index is 13.7. The van der Waals surface area contributed by atoms with E-state index in [0.29, 0.717) is 34.0 Å². The smallest absolute Gasteiger partial charge is 0.249 e. The number of H-pyrrole nitrogens is 1. The van der Waals surface area contributed by atoms with E-state index in [0.717, 1.165) is 5.56 Å². The molecule has 0 amide bonds. The standard InChI is InChI=1S/C19H13FN4O2/c1-26-16-10-12(7-8-21-16)17-18(11-3-2-4-13(20)9-11)24-19-14(22-17)5-6-15(25)23-19/h2-10H,1H3,(H,23,24,25). The highest BCUT2D eigenvalue weighted by atomic mass is 19.1. The summed E-state index contributed by atoms with van der Waals surface area (Å²) in [5.41, 5.74) is 2.84. The summed E-state index contributed by atoms with van der Waals surface area (Å²) in [7, 11) is 1.52. The third kappa shape index (κ3) is 2.90. The normalized spacial score (nSPS) is 10.8. The minimum Gasteiger partial charge on any atom is -0.481 e. The van der Waals surface area contributed by atoms with Crippen LogP contribution in [-0.4, -0.2) is 27.0 Å². The summed E-state index contributed by atoms with van der Waals surface area (Å²) in [4.78, 5) is 27.5. The fraction of sp³-hybridized carbons (Fsp3) is 0.0526. The molecule has 0 spiro atoms. The van der Waals surface area contributed by atoms with Crippen molar-refractivity contribution < 1.29 is 9.13 Å². The number of aromatic amines is 1. The third-order valence-corrected chi connectivity index (χ3v) is 3.87. The van der Waals surface area contributed by atoms with Crippen molar-refractivity contribution in [2.45, 2.75) is 0 Å². The van der Waals surface area contributed by atoms with Gasteiger partial charge in [-0.15, -0.1) is 0 Å².